The Labute approximate surface area is 231 Å². The quantitative estimate of drug-likeness (QED) is 0.147. The van der Waals surface area contributed by atoms with Crippen LogP contribution >= 0.6 is 0 Å². The van der Waals surface area contributed by atoms with Gasteiger partial charge in [0.15, 0.2) is 11.6 Å². The molecule has 1 fully saturated rings. The van der Waals surface area contributed by atoms with E-state index in [-0.39, 0.29) is 11.6 Å². The first kappa shape index (κ1) is 29.9. The Kier molecular flexibility index (Phi) is 12.4. The van der Waals surface area contributed by atoms with Crippen LogP contribution in [0.3, 0.4) is 0 Å². The van der Waals surface area contributed by atoms with Gasteiger partial charge in [-0.15, -0.1) is 0 Å². The number of carbonyl (C=O) groups excluding carboxylic acids is 2. The van der Waals surface area contributed by atoms with Crippen molar-refractivity contribution in [1.29, 1.82) is 0 Å². The first-order valence-electron chi connectivity index (χ1n) is 15.3. The van der Waals surface area contributed by atoms with Crippen molar-refractivity contribution < 1.29 is 9.59 Å². The van der Waals surface area contributed by atoms with E-state index in [4.69, 9.17) is 0 Å². The molecule has 0 radical (unpaired) electrons. The summed E-state index contributed by atoms with van der Waals surface area (Å²) in [6, 6.07) is 16.4. The zero-order valence-corrected chi connectivity index (χ0v) is 24.4. The van der Waals surface area contributed by atoms with E-state index in [1.54, 1.807) is 0 Å². The Hall–Kier alpha value is -2.62. The molecule has 0 heterocycles. The lowest BCUT2D eigenvalue weighted by Gasteiger charge is -2.33. The van der Waals surface area contributed by atoms with Crippen molar-refractivity contribution in [3.8, 4) is 0 Å². The number of nitrogens with zero attached hydrogens (tertiary/aromatic N) is 2. The zero-order valence-electron chi connectivity index (χ0n) is 24.4. The molecular formula is C34H50N2O2. The van der Waals surface area contributed by atoms with Crippen molar-refractivity contribution in [2.45, 2.75) is 104 Å². The van der Waals surface area contributed by atoms with Gasteiger partial charge < -0.3 is 9.80 Å². The second-order valence-electron chi connectivity index (χ2n) is 10.9. The van der Waals surface area contributed by atoms with E-state index in [0.717, 1.165) is 37.3 Å². The standard InChI is InChI=1S/C34H50N2O2/c1-5-9-13-25-35(23-11-7-3)29-19-15-27(16-20-29)31-33(37)32(34(31)38)28-17-21-30(22-18-28)36(24-12-8-4)26-14-10-6-2/h15-22,31-32H,5-14,23-26H2,1-4H3. The number of ketones is 2. The molecule has 0 spiro atoms. The van der Waals surface area contributed by atoms with E-state index in [2.05, 4.69) is 61.8 Å². The van der Waals surface area contributed by atoms with Crippen LogP contribution in [-0.4, -0.2) is 37.7 Å². The molecule has 1 aliphatic carbocycles. The average Bonchev–Trinajstić information content (AvgIpc) is 2.94. The minimum absolute atomic E-state index is 0.0343. The number of hydrogen-bond donors (Lipinski definition) is 0. The summed E-state index contributed by atoms with van der Waals surface area (Å²) in [7, 11) is 0. The summed E-state index contributed by atoms with van der Waals surface area (Å²) in [5.41, 5.74) is 4.05. The van der Waals surface area contributed by atoms with Crippen LogP contribution < -0.4 is 9.80 Å². The highest BCUT2D eigenvalue weighted by atomic mass is 16.2. The van der Waals surface area contributed by atoms with Gasteiger partial charge in [0, 0.05) is 37.6 Å². The Morgan fingerprint density at radius 3 is 1.11 bits per heavy atom. The molecule has 4 heteroatoms. The molecule has 1 aliphatic rings. The molecule has 0 atom stereocenters. The van der Waals surface area contributed by atoms with Gasteiger partial charge in [-0.3, -0.25) is 9.59 Å². The van der Waals surface area contributed by atoms with E-state index < -0.39 is 11.8 Å². The van der Waals surface area contributed by atoms with Gasteiger partial charge in [0.25, 0.3) is 0 Å². The molecule has 1 saturated carbocycles. The zero-order chi connectivity index (χ0) is 27.3. The summed E-state index contributed by atoms with van der Waals surface area (Å²) in [6.45, 7) is 13.1. The Balaban J connectivity index is 1.65. The lowest BCUT2D eigenvalue weighted by Crippen LogP contribution is -2.44. The monoisotopic (exact) mass is 518 g/mol. The normalized spacial score (nSPS) is 16.9. The maximum atomic E-state index is 13.2. The highest BCUT2D eigenvalue weighted by molar-refractivity contribution is 6.31. The Morgan fingerprint density at radius 1 is 0.474 bits per heavy atom. The molecule has 0 amide bonds. The van der Waals surface area contributed by atoms with E-state index in [1.807, 2.05) is 24.3 Å². The van der Waals surface area contributed by atoms with E-state index in [0.29, 0.717) is 0 Å². The van der Waals surface area contributed by atoms with Crippen LogP contribution in [0.25, 0.3) is 0 Å². The first-order chi connectivity index (χ1) is 18.5. The molecule has 0 bridgehead atoms. The van der Waals surface area contributed by atoms with E-state index in [9.17, 15) is 9.59 Å². The third-order valence-electron chi connectivity index (χ3n) is 7.95. The third kappa shape index (κ3) is 7.71. The van der Waals surface area contributed by atoms with E-state index in [1.165, 1.54) is 75.6 Å². The minimum atomic E-state index is -0.618. The molecule has 0 N–H and O–H groups in total. The molecule has 38 heavy (non-hydrogen) atoms. The van der Waals surface area contributed by atoms with E-state index >= 15 is 0 Å². The summed E-state index contributed by atoms with van der Waals surface area (Å²) in [4.78, 5) is 31.3. The summed E-state index contributed by atoms with van der Waals surface area (Å²) >= 11 is 0. The lowest BCUT2D eigenvalue weighted by atomic mass is 9.66. The van der Waals surface area contributed by atoms with Crippen LogP contribution in [0.5, 0.6) is 0 Å². The SMILES string of the molecule is CCCCCN(CCCC)c1ccc(C2C(=O)C(c3ccc(N(CCCC)CCCCC)cc3)C2=O)cc1. The summed E-state index contributed by atoms with van der Waals surface area (Å²) in [6.07, 6.45) is 12.0. The highest BCUT2D eigenvalue weighted by Crippen LogP contribution is 2.41. The Morgan fingerprint density at radius 2 is 0.789 bits per heavy atom. The third-order valence-corrected chi connectivity index (χ3v) is 7.95. The maximum absolute atomic E-state index is 13.2. The van der Waals surface area contributed by atoms with Crippen molar-refractivity contribution in [2.24, 2.45) is 0 Å². The van der Waals surface area contributed by atoms with Crippen molar-refractivity contribution in [1.82, 2.24) is 0 Å². The van der Waals surface area contributed by atoms with Crippen molar-refractivity contribution >= 4 is 22.9 Å². The van der Waals surface area contributed by atoms with Gasteiger partial charge in [0.05, 0.1) is 0 Å². The number of anilines is 2. The van der Waals surface area contributed by atoms with Crippen LogP contribution in [0, 0.1) is 0 Å². The highest BCUT2D eigenvalue weighted by Gasteiger charge is 2.50. The predicted molar refractivity (Wildman–Crippen MR) is 162 cm³/mol. The summed E-state index contributed by atoms with van der Waals surface area (Å²) in [5.74, 6) is -1.17. The molecular weight excluding hydrogens is 468 g/mol. The first-order valence-corrected chi connectivity index (χ1v) is 15.3. The van der Waals surface area contributed by atoms with Crippen LogP contribution in [0.1, 0.15) is 115 Å². The number of unbranched alkanes of at least 4 members (excludes halogenated alkanes) is 6. The number of hydrogen-bond acceptors (Lipinski definition) is 4. The molecule has 2 aromatic carbocycles. The molecule has 0 unspecified atom stereocenters. The van der Waals surface area contributed by atoms with Gasteiger partial charge in [-0.05, 0) is 61.1 Å². The number of Topliss-reactive ketones (excluding diaryl/α,β-unsaturated/α-hetero) is 2. The summed E-state index contributed by atoms with van der Waals surface area (Å²) < 4.78 is 0. The smallest absolute Gasteiger partial charge is 0.162 e. The summed E-state index contributed by atoms with van der Waals surface area (Å²) in [5, 5.41) is 0. The van der Waals surface area contributed by atoms with Crippen LogP contribution in [0.15, 0.2) is 48.5 Å². The van der Waals surface area contributed by atoms with Gasteiger partial charge in [-0.25, -0.2) is 0 Å². The van der Waals surface area contributed by atoms with Crippen molar-refractivity contribution in [2.75, 3.05) is 36.0 Å². The molecule has 0 aromatic heterocycles. The molecule has 0 aliphatic heterocycles. The average molecular weight is 519 g/mol. The molecule has 208 valence electrons. The fourth-order valence-electron chi connectivity index (χ4n) is 5.47. The van der Waals surface area contributed by atoms with Crippen LogP contribution in [-0.2, 0) is 9.59 Å². The molecule has 0 saturated heterocycles. The van der Waals surface area contributed by atoms with Gasteiger partial charge in [0.2, 0.25) is 0 Å². The van der Waals surface area contributed by atoms with Gasteiger partial charge in [-0.2, -0.15) is 0 Å². The van der Waals surface area contributed by atoms with Crippen molar-refractivity contribution in [3.05, 3.63) is 59.7 Å². The van der Waals surface area contributed by atoms with Crippen LogP contribution in [0.4, 0.5) is 11.4 Å². The second kappa shape index (κ2) is 15.7. The lowest BCUT2D eigenvalue weighted by molar-refractivity contribution is -0.142. The fourth-order valence-corrected chi connectivity index (χ4v) is 5.47. The predicted octanol–water partition coefficient (Wildman–Crippen LogP) is 8.30. The van der Waals surface area contributed by atoms with Crippen molar-refractivity contribution in [3.63, 3.8) is 0 Å². The largest absolute Gasteiger partial charge is 0.372 e. The van der Waals surface area contributed by atoms with Gasteiger partial charge in [0.1, 0.15) is 11.8 Å². The fraction of sp³-hybridized carbons (Fsp3) is 0.588. The second-order valence-corrected chi connectivity index (χ2v) is 10.9. The topological polar surface area (TPSA) is 40.6 Å². The van der Waals surface area contributed by atoms with Gasteiger partial charge in [-0.1, -0.05) is 90.5 Å². The number of carbonyl (C=O) groups is 2. The number of rotatable bonds is 18. The van der Waals surface area contributed by atoms with Gasteiger partial charge >= 0.3 is 0 Å². The maximum Gasteiger partial charge on any atom is 0.162 e. The van der Waals surface area contributed by atoms with Crippen LogP contribution in [0.2, 0.25) is 0 Å². The Bertz CT molecular complexity index is 889. The number of benzene rings is 2. The molecule has 4 nitrogen and oxygen atoms in total. The molecule has 3 rings (SSSR count). The minimum Gasteiger partial charge on any atom is -0.372 e. The molecule has 2 aromatic rings.